The van der Waals surface area contributed by atoms with Gasteiger partial charge in [-0.05, 0) is 62.2 Å². The van der Waals surface area contributed by atoms with Crippen LogP contribution < -0.4 is 0 Å². The molecule has 25 heavy (non-hydrogen) atoms. The van der Waals surface area contributed by atoms with Gasteiger partial charge in [-0.1, -0.05) is 78.9 Å². The molecule has 0 fully saturated rings. The van der Waals surface area contributed by atoms with E-state index in [-0.39, 0.29) is 0 Å². The molecular weight excluding hydrogens is 320 g/mol. The van der Waals surface area contributed by atoms with Crippen molar-refractivity contribution in [3.8, 4) is 11.1 Å². The Labute approximate surface area is 152 Å². The van der Waals surface area contributed by atoms with Crippen LogP contribution in [0.4, 0.5) is 0 Å². The minimum atomic E-state index is -0.553. The van der Waals surface area contributed by atoms with Crippen molar-refractivity contribution in [1.82, 2.24) is 0 Å². The van der Waals surface area contributed by atoms with Gasteiger partial charge < -0.3 is 0 Å². The van der Waals surface area contributed by atoms with Crippen molar-refractivity contribution in [2.75, 3.05) is 0 Å². The van der Waals surface area contributed by atoms with Crippen LogP contribution in [0, 0.1) is 0 Å². The first kappa shape index (κ1) is 15.7. The Bertz CT molecular complexity index is 892. The highest BCUT2D eigenvalue weighted by molar-refractivity contribution is 8.17. The SMILES string of the molecule is c1ccc(-c2cccc([SH](c3ccccc3)c3ccccc3)c2)cc1. The van der Waals surface area contributed by atoms with Crippen LogP contribution in [0.5, 0.6) is 0 Å². The summed E-state index contributed by atoms with van der Waals surface area (Å²) in [6.45, 7) is 0. The van der Waals surface area contributed by atoms with Gasteiger partial charge in [0.1, 0.15) is 0 Å². The molecule has 4 aromatic rings. The Morgan fingerprint density at radius 1 is 0.360 bits per heavy atom. The maximum atomic E-state index is 2.35. The monoisotopic (exact) mass is 340 g/mol. The van der Waals surface area contributed by atoms with Crippen LogP contribution in [0.25, 0.3) is 11.1 Å². The Kier molecular flexibility index (Phi) is 4.67. The lowest BCUT2D eigenvalue weighted by Crippen LogP contribution is -1.89. The van der Waals surface area contributed by atoms with E-state index in [2.05, 4.69) is 115 Å². The second kappa shape index (κ2) is 7.42. The predicted octanol–water partition coefficient (Wildman–Crippen LogP) is 6.83. The summed E-state index contributed by atoms with van der Waals surface area (Å²) in [5, 5.41) is 0. The van der Waals surface area contributed by atoms with Crippen molar-refractivity contribution in [3.63, 3.8) is 0 Å². The van der Waals surface area contributed by atoms with Gasteiger partial charge in [0.05, 0.1) is 0 Å². The average Bonchev–Trinajstić information content (AvgIpc) is 2.71. The summed E-state index contributed by atoms with van der Waals surface area (Å²) < 4.78 is 0. The Balaban J connectivity index is 1.83. The highest BCUT2D eigenvalue weighted by Gasteiger charge is 2.13. The molecule has 4 aromatic carbocycles. The minimum absolute atomic E-state index is 0.553. The third kappa shape index (κ3) is 3.52. The summed E-state index contributed by atoms with van der Waals surface area (Å²) in [5.41, 5.74) is 2.54. The molecule has 0 aliphatic heterocycles. The third-order valence-electron chi connectivity index (χ3n) is 4.24. The molecule has 0 bridgehead atoms. The topological polar surface area (TPSA) is 0 Å². The van der Waals surface area contributed by atoms with Gasteiger partial charge in [-0.25, -0.2) is 0 Å². The van der Waals surface area contributed by atoms with E-state index < -0.39 is 10.9 Å². The first-order valence-electron chi connectivity index (χ1n) is 8.47. The second-order valence-electron chi connectivity index (χ2n) is 5.92. The van der Waals surface area contributed by atoms with Gasteiger partial charge in [0.15, 0.2) is 0 Å². The molecule has 0 unspecified atom stereocenters. The zero-order valence-electron chi connectivity index (χ0n) is 13.9. The fourth-order valence-electron chi connectivity index (χ4n) is 3.06. The molecule has 4 rings (SSSR count). The van der Waals surface area contributed by atoms with Gasteiger partial charge in [0, 0.05) is 0 Å². The molecule has 122 valence electrons. The van der Waals surface area contributed by atoms with E-state index in [0.29, 0.717) is 0 Å². The normalized spacial score (nSPS) is 11.1. The van der Waals surface area contributed by atoms with Gasteiger partial charge in [0.25, 0.3) is 0 Å². The summed E-state index contributed by atoms with van der Waals surface area (Å²) in [6, 6.07) is 41.3. The quantitative estimate of drug-likeness (QED) is 0.387. The van der Waals surface area contributed by atoms with Gasteiger partial charge in [-0.15, -0.1) is 0 Å². The smallest absolute Gasteiger partial charge is 0.00390 e. The first-order valence-corrected chi connectivity index (χ1v) is 9.82. The molecule has 0 aromatic heterocycles. The van der Waals surface area contributed by atoms with Crippen LogP contribution in [-0.2, 0) is 0 Å². The van der Waals surface area contributed by atoms with Crippen LogP contribution in [-0.4, -0.2) is 0 Å². The van der Waals surface area contributed by atoms with Crippen molar-refractivity contribution in [2.24, 2.45) is 0 Å². The van der Waals surface area contributed by atoms with Crippen LogP contribution in [0.2, 0.25) is 0 Å². The molecule has 0 N–H and O–H groups in total. The van der Waals surface area contributed by atoms with E-state index in [1.165, 1.54) is 25.8 Å². The fourth-order valence-corrected chi connectivity index (χ4v) is 5.39. The van der Waals surface area contributed by atoms with E-state index >= 15 is 0 Å². The lowest BCUT2D eigenvalue weighted by atomic mass is 10.1. The molecule has 1 heteroatoms. The molecule has 0 saturated carbocycles. The van der Waals surface area contributed by atoms with Crippen LogP contribution in [0.3, 0.4) is 0 Å². The van der Waals surface area contributed by atoms with E-state index in [1.807, 2.05) is 0 Å². The lowest BCUT2D eigenvalue weighted by Gasteiger charge is -2.24. The number of rotatable bonds is 4. The Hall–Kier alpha value is -2.77. The first-order chi connectivity index (χ1) is 12.4. The maximum Gasteiger partial charge on any atom is -0.00390 e. The minimum Gasteiger partial charge on any atom is -0.173 e. The van der Waals surface area contributed by atoms with E-state index in [9.17, 15) is 0 Å². The highest BCUT2D eigenvalue weighted by Crippen LogP contribution is 2.51. The molecule has 0 aliphatic rings. The van der Waals surface area contributed by atoms with Gasteiger partial charge in [0.2, 0.25) is 0 Å². The third-order valence-corrected chi connectivity index (χ3v) is 6.66. The average molecular weight is 340 g/mol. The highest BCUT2D eigenvalue weighted by atomic mass is 32.2. The standard InChI is InChI=1S/C24H20S/c1-4-11-20(12-5-1)21-13-10-18-24(19-21)25(22-14-6-2-7-15-22)23-16-8-3-9-17-23/h1-19,25H. The van der Waals surface area contributed by atoms with Crippen LogP contribution in [0.1, 0.15) is 0 Å². The maximum absolute atomic E-state index is 2.35. The van der Waals surface area contributed by atoms with E-state index in [0.717, 1.165) is 0 Å². The Morgan fingerprint density at radius 2 is 0.800 bits per heavy atom. The summed E-state index contributed by atoms with van der Waals surface area (Å²) in [5.74, 6) is 0. The number of benzene rings is 4. The molecule has 0 spiro atoms. The van der Waals surface area contributed by atoms with Crippen molar-refractivity contribution in [3.05, 3.63) is 115 Å². The number of hydrogen-bond acceptors (Lipinski definition) is 0. The van der Waals surface area contributed by atoms with Crippen molar-refractivity contribution in [2.45, 2.75) is 14.7 Å². The van der Waals surface area contributed by atoms with Crippen molar-refractivity contribution < 1.29 is 0 Å². The van der Waals surface area contributed by atoms with Gasteiger partial charge in [-0.2, -0.15) is 10.9 Å². The molecular formula is C24H20S. The second-order valence-corrected chi connectivity index (χ2v) is 8.14. The van der Waals surface area contributed by atoms with Crippen LogP contribution in [0.15, 0.2) is 130 Å². The molecule has 0 atom stereocenters. The number of thiol groups is 1. The molecule has 0 heterocycles. The van der Waals surface area contributed by atoms with Gasteiger partial charge >= 0.3 is 0 Å². The lowest BCUT2D eigenvalue weighted by molar-refractivity contribution is 1.33. The molecule has 0 saturated heterocycles. The van der Waals surface area contributed by atoms with Crippen molar-refractivity contribution in [1.29, 1.82) is 0 Å². The molecule has 0 amide bonds. The molecule has 0 nitrogen and oxygen atoms in total. The van der Waals surface area contributed by atoms with Crippen LogP contribution >= 0.6 is 10.9 Å². The molecule has 0 radical (unpaired) electrons. The zero-order chi connectivity index (χ0) is 16.9. The summed E-state index contributed by atoms with van der Waals surface area (Å²) in [6.07, 6.45) is 0. The summed E-state index contributed by atoms with van der Waals surface area (Å²) >= 11 is 0. The Morgan fingerprint density at radius 3 is 1.36 bits per heavy atom. The van der Waals surface area contributed by atoms with Crippen molar-refractivity contribution >= 4 is 10.9 Å². The zero-order valence-corrected chi connectivity index (χ0v) is 14.8. The summed E-state index contributed by atoms with van der Waals surface area (Å²) in [4.78, 5) is 4.15. The fraction of sp³-hybridized carbons (Fsp3) is 0. The largest absolute Gasteiger partial charge is 0.173 e. The summed E-state index contributed by atoms with van der Waals surface area (Å²) in [7, 11) is -0.553. The molecule has 0 aliphatic carbocycles. The van der Waals surface area contributed by atoms with E-state index in [4.69, 9.17) is 0 Å². The predicted molar refractivity (Wildman–Crippen MR) is 109 cm³/mol. The number of hydrogen-bond donors (Lipinski definition) is 1. The van der Waals surface area contributed by atoms with E-state index in [1.54, 1.807) is 0 Å². The van der Waals surface area contributed by atoms with Gasteiger partial charge in [-0.3, -0.25) is 0 Å².